The lowest BCUT2D eigenvalue weighted by atomic mass is 9.99. The lowest BCUT2D eigenvalue weighted by molar-refractivity contribution is 0.103. The third-order valence-corrected chi connectivity index (χ3v) is 6.58. The molecular weight excluding hydrogens is 328 g/mol. The van der Waals surface area contributed by atoms with Crippen LogP contribution in [0.1, 0.15) is 51.4 Å². The van der Waals surface area contributed by atoms with E-state index in [2.05, 4.69) is 28.4 Å². The van der Waals surface area contributed by atoms with Crippen molar-refractivity contribution in [3.8, 4) is 0 Å². The Hall–Kier alpha value is -1.65. The van der Waals surface area contributed by atoms with Crippen molar-refractivity contribution in [2.75, 3.05) is 25.0 Å². The molecule has 1 aromatic heterocycles. The Morgan fingerprint density at radius 1 is 1.04 bits per heavy atom. The summed E-state index contributed by atoms with van der Waals surface area (Å²) in [6.45, 7) is 3.64. The minimum absolute atomic E-state index is 0.0317. The Morgan fingerprint density at radius 2 is 1.80 bits per heavy atom. The number of thiophene rings is 1. The Morgan fingerprint density at radius 3 is 2.56 bits per heavy atom. The third kappa shape index (κ3) is 4.13. The number of nitrogens with zero attached hydrogens (tertiary/aromatic N) is 1. The van der Waals surface area contributed by atoms with Crippen molar-refractivity contribution in [3.05, 3.63) is 51.2 Å². The number of hydrogen-bond donors (Lipinski definition) is 1. The zero-order chi connectivity index (χ0) is 17.1. The van der Waals surface area contributed by atoms with E-state index in [-0.39, 0.29) is 5.91 Å². The van der Waals surface area contributed by atoms with E-state index in [1.807, 2.05) is 12.1 Å². The number of anilines is 1. The second kappa shape index (κ2) is 7.71. The summed E-state index contributed by atoms with van der Waals surface area (Å²) in [4.78, 5) is 17.3. The van der Waals surface area contributed by atoms with Crippen molar-refractivity contribution in [2.24, 2.45) is 0 Å². The topological polar surface area (TPSA) is 32.3 Å². The summed E-state index contributed by atoms with van der Waals surface area (Å²) in [5.41, 5.74) is 3.62. The summed E-state index contributed by atoms with van der Waals surface area (Å²) in [5, 5.41) is 3.05. The average molecular weight is 355 g/mol. The molecule has 0 bridgehead atoms. The van der Waals surface area contributed by atoms with Crippen molar-refractivity contribution in [2.45, 2.75) is 44.9 Å². The van der Waals surface area contributed by atoms with Crippen LogP contribution < -0.4 is 5.32 Å². The van der Waals surface area contributed by atoms with Gasteiger partial charge in [-0.25, -0.2) is 0 Å². The highest BCUT2D eigenvalue weighted by Gasteiger charge is 2.17. The number of rotatable bonds is 5. The van der Waals surface area contributed by atoms with Gasteiger partial charge in [0.1, 0.15) is 0 Å². The van der Waals surface area contributed by atoms with Crippen LogP contribution in [0.5, 0.6) is 0 Å². The Kier molecular flexibility index (Phi) is 5.18. The average Bonchev–Trinajstić information content (AvgIpc) is 3.30. The summed E-state index contributed by atoms with van der Waals surface area (Å²) < 4.78 is 0. The second-order valence-corrected chi connectivity index (χ2v) is 8.35. The first-order valence-electron chi connectivity index (χ1n) is 9.52. The zero-order valence-electron chi connectivity index (χ0n) is 14.7. The van der Waals surface area contributed by atoms with Gasteiger partial charge in [0.15, 0.2) is 0 Å². The molecular formula is C21H26N2OS. The van der Waals surface area contributed by atoms with Crippen molar-refractivity contribution < 1.29 is 4.79 Å². The second-order valence-electron chi connectivity index (χ2n) is 7.22. The number of likely N-dealkylation sites (tertiary alicyclic amines) is 1. The summed E-state index contributed by atoms with van der Waals surface area (Å²) in [7, 11) is 0. The first-order chi connectivity index (χ1) is 12.3. The molecule has 0 atom stereocenters. The Balaban J connectivity index is 1.34. The predicted octanol–water partition coefficient (Wildman–Crippen LogP) is 4.52. The van der Waals surface area contributed by atoms with E-state index in [0.717, 1.165) is 36.4 Å². The smallest absolute Gasteiger partial charge is 0.265 e. The molecule has 0 spiro atoms. The molecule has 1 N–H and O–H groups in total. The molecule has 1 saturated heterocycles. The van der Waals surface area contributed by atoms with Gasteiger partial charge in [0, 0.05) is 17.1 Å². The maximum atomic E-state index is 12.5. The van der Waals surface area contributed by atoms with E-state index in [4.69, 9.17) is 0 Å². The van der Waals surface area contributed by atoms with Crippen LogP contribution in [0, 0.1) is 0 Å². The summed E-state index contributed by atoms with van der Waals surface area (Å²) in [6, 6.07) is 10.4. The molecule has 4 rings (SSSR count). The molecule has 3 nitrogen and oxygen atoms in total. The normalized spacial score (nSPS) is 17.4. The molecule has 2 aromatic rings. The van der Waals surface area contributed by atoms with E-state index >= 15 is 0 Å². The molecule has 132 valence electrons. The van der Waals surface area contributed by atoms with Gasteiger partial charge >= 0.3 is 0 Å². The molecule has 1 amide bonds. The van der Waals surface area contributed by atoms with E-state index in [1.165, 1.54) is 54.8 Å². The molecule has 1 aliphatic carbocycles. The van der Waals surface area contributed by atoms with Crippen LogP contribution in [0.25, 0.3) is 0 Å². The van der Waals surface area contributed by atoms with E-state index < -0.39 is 0 Å². The molecule has 0 radical (unpaired) electrons. The van der Waals surface area contributed by atoms with Crippen LogP contribution in [0.2, 0.25) is 0 Å². The van der Waals surface area contributed by atoms with Gasteiger partial charge in [0.05, 0.1) is 4.88 Å². The highest BCUT2D eigenvalue weighted by molar-refractivity contribution is 7.14. The summed E-state index contributed by atoms with van der Waals surface area (Å²) in [5.74, 6) is 0.0317. The van der Waals surface area contributed by atoms with Crippen molar-refractivity contribution in [1.82, 2.24) is 4.90 Å². The molecule has 1 aromatic carbocycles. The Labute approximate surface area is 154 Å². The molecule has 2 aliphatic rings. The fourth-order valence-corrected chi connectivity index (χ4v) is 4.99. The van der Waals surface area contributed by atoms with Gasteiger partial charge in [-0.15, -0.1) is 11.3 Å². The predicted molar refractivity (Wildman–Crippen MR) is 105 cm³/mol. The largest absolute Gasteiger partial charge is 0.321 e. The molecule has 0 saturated carbocycles. The van der Waals surface area contributed by atoms with E-state index in [1.54, 1.807) is 11.3 Å². The number of nitrogens with one attached hydrogen (secondary N) is 1. The van der Waals surface area contributed by atoms with Crippen LogP contribution in [0.4, 0.5) is 5.69 Å². The minimum atomic E-state index is 0.0317. The van der Waals surface area contributed by atoms with Crippen LogP contribution in [0.3, 0.4) is 0 Å². The summed E-state index contributed by atoms with van der Waals surface area (Å²) in [6.07, 6.45) is 8.56. The fraction of sp³-hybridized carbons (Fsp3) is 0.476. The van der Waals surface area contributed by atoms with Gasteiger partial charge in [-0.05, 0) is 87.4 Å². The lowest BCUT2D eigenvalue weighted by Gasteiger charge is -2.14. The monoisotopic (exact) mass is 354 g/mol. The molecule has 4 heteroatoms. The third-order valence-electron chi connectivity index (χ3n) is 5.35. The number of carbonyl (C=O) groups excluding carboxylic acids is 1. The number of amides is 1. The van der Waals surface area contributed by atoms with Gasteiger partial charge in [-0.3, -0.25) is 4.79 Å². The fourth-order valence-electron chi connectivity index (χ4n) is 3.84. The minimum Gasteiger partial charge on any atom is -0.321 e. The summed E-state index contributed by atoms with van der Waals surface area (Å²) >= 11 is 1.67. The lowest BCUT2D eigenvalue weighted by Crippen LogP contribution is -2.21. The Bertz CT molecular complexity index is 705. The van der Waals surface area contributed by atoms with Gasteiger partial charge in [0.2, 0.25) is 0 Å². The zero-order valence-corrected chi connectivity index (χ0v) is 15.5. The first-order valence-corrected chi connectivity index (χ1v) is 10.3. The van der Waals surface area contributed by atoms with Crippen LogP contribution in [0.15, 0.2) is 30.3 Å². The van der Waals surface area contributed by atoms with Gasteiger partial charge in [-0.1, -0.05) is 12.1 Å². The number of benzene rings is 1. The van der Waals surface area contributed by atoms with E-state index in [0.29, 0.717) is 0 Å². The van der Waals surface area contributed by atoms with Gasteiger partial charge in [0.25, 0.3) is 5.91 Å². The van der Waals surface area contributed by atoms with Gasteiger partial charge in [-0.2, -0.15) is 0 Å². The highest BCUT2D eigenvalue weighted by atomic mass is 32.1. The number of aryl methyl sites for hydroxylation is 2. The van der Waals surface area contributed by atoms with Crippen LogP contribution in [-0.2, 0) is 19.3 Å². The molecule has 2 heterocycles. The van der Waals surface area contributed by atoms with Gasteiger partial charge < -0.3 is 10.2 Å². The first kappa shape index (κ1) is 16.8. The van der Waals surface area contributed by atoms with Crippen molar-refractivity contribution in [1.29, 1.82) is 0 Å². The standard InChI is InChI=1S/C21H26N2OS/c24-21(20-15-17-5-1-2-6-19(17)25-20)22-18-9-7-16(8-10-18)11-14-23-12-3-4-13-23/h7-10,15H,1-6,11-14H2,(H,22,24). The SMILES string of the molecule is O=C(Nc1ccc(CCN2CCCC2)cc1)c1cc2c(s1)CCCC2. The van der Waals surface area contributed by atoms with Crippen LogP contribution in [-0.4, -0.2) is 30.4 Å². The molecule has 0 unspecified atom stereocenters. The quantitative estimate of drug-likeness (QED) is 0.856. The number of fused-ring (bicyclic) bond motifs is 1. The number of hydrogen-bond acceptors (Lipinski definition) is 3. The maximum Gasteiger partial charge on any atom is 0.265 e. The maximum absolute atomic E-state index is 12.5. The van der Waals surface area contributed by atoms with Crippen molar-refractivity contribution >= 4 is 22.9 Å². The highest BCUT2D eigenvalue weighted by Crippen LogP contribution is 2.30. The molecule has 1 aliphatic heterocycles. The van der Waals surface area contributed by atoms with Crippen molar-refractivity contribution in [3.63, 3.8) is 0 Å². The molecule has 25 heavy (non-hydrogen) atoms. The van der Waals surface area contributed by atoms with E-state index in [9.17, 15) is 4.79 Å². The molecule has 1 fully saturated rings. The van der Waals surface area contributed by atoms with Crippen LogP contribution >= 0.6 is 11.3 Å². The number of carbonyl (C=O) groups is 1.